The Kier molecular flexibility index (Phi) is 9.24. The lowest BCUT2D eigenvalue weighted by Gasteiger charge is -2.13. The molecule has 11 heteroatoms. The van der Waals surface area contributed by atoms with Gasteiger partial charge in [-0.3, -0.25) is 4.79 Å². The van der Waals surface area contributed by atoms with Crippen molar-refractivity contribution in [2.45, 2.75) is 48.6 Å². The van der Waals surface area contributed by atoms with Crippen molar-refractivity contribution in [3.63, 3.8) is 0 Å². The first-order valence-electron chi connectivity index (χ1n) is 10.6. The van der Waals surface area contributed by atoms with Crippen LogP contribution in [-0.2, 0) is 23.5 Å². The Morgan fingerprint density at radius 1 is 1.12 bits per heavy atom. The van der Waals surface area contributed by atoms with Gasteiger partial charge in [-0.25, -0.2) is 9.97 Å². The molecule has 0 atom stereocenters. The third-order valence-corrected chi connectivity index (χ3v) is 8.59. The standard InChI is InChI=1S/C22H30N4O4S2Si/c1-33(2,3)20-10-24-19(30-20)14-31-21-11-25-22(32-21)26-18(29)8-15-4-6-16(7-5-15)9-23-17(12-27)13-28/h4-7,10-11,17,23,27-28H,8-9,12-14H2,1-3H3,(H,25,26,29). The molecule has 0 spiro atoms. The van der Waals surface area contributed by atoms with Gasteiger partial charge in [0.2, 0.25) is 11.8 Å². The second-order valence-electron chi connectivity index (χ2n) is 8.63. The highest BCUT2D eigenvalue weighted by atomic mass is 32.2. The summed E-state index contributed by atoms with van der Waals surface area (Å²) in [6.07, 6.45) is 3.84. The smallest absolute Gasteiger partial charge is 0.230 e. The molecule has 0 aliphatic rings. The third kappa shape index (κ3) is 8.05. The fourth-order valence-corrected chi connectivity index (χ4v) is 5.43. The van der Waals surface area contributed by atoms with Gasteiger partial charge in [0.15, 0.2) is 5.13 Å². The molecular weight excluding hydrogens is 476 g/mol. The number of oxazole rings is 1. The molecule has 0 radical (unpaired) electrons. The number of benzene rings is 1. The van der Waals surface area contributed by atoms with Crippen LogP contribution >= 0.6 is 23.1 Å². The molecule has 0 bridgehead atoms. The molecule has 0 aliphatic heterocycles. The lowest BCUT2D eigenvalue weighted by Crippen LogP contribution is -2.36. The topological polar surface area (TPSA) is 121 Å². The van der Waals surface area contributed by atoms with Crippen molar-refractivity contribution < 1.29 is 19.4 Å². The summed E-state index contributed by atoms with van der Waals surface area (Å²) in [4.78, 5) is 21.1. The number of aromatic nitrogens is 2. The number of aliphatic hydroxyl groups is 2. The predicted molar refractivity (Wildman–Crippen MR) is 135 cm³/mol. The number of nitrogens with zero attached hydrogens (tertiary/aromatic N) is 2. The third-order valence-electron chi connectivity index (χ3n) is 4.78. The Balaban J connectivity index is 1.45. The van der Waals surface area contributed by atoms with Crippen molar-refractivity contribution in [3.8, 4) is 0 Å². The van der Waals surface area contributed by atoms with Crippen molar-refractivity contribution in [1.82, 2.24) is 15.3 Å². The van der Waals surface area contributed by atoms with E-state index in [2.05, 4.69) is 40.2 Å². The van der Waals surface area contributed by atoms with Crippen molar-refractivity contribution in [2.24, 2.45) is 0 Å². The number of anilines is 1. The van der Waals surface area contributed by atoms with Crippen LogP contribution in [0.1, 0.15) is 17.0 Å². The molecule has 1 amide bonds. The molecule has 33 heavy (non-hydrogen) atoms. The summed E-state index contributed by atoms with van der Waals surface area (Å²) in [5.41, 5.74) is 1.90. The van der Waals surface area contributed by atoms with Gasteiger partial charge in [0, 0.05) is 6.54 Å². The van der Waals surface area contributed by atoms with Crippen LogP contribution in [0.25, 0.3) is 0 Å². The molecule has 0 aliphatic carbocycles. The zero-order chi connectivity index (χ0) is 23.8. The number of nitrogens with one attached hydrogen (secondary N) is 2. The maximum atomic E-state index is 12.4. The minimum absolute atomic E-state index is 0.120. The molecule has 178 valence electrons. The Hall–Kier alpha value is -2.02. The van der Waals surface area contributed by atoms with Gasteiger partial charge in [0.1, 0.15) is 13.5 Å². The van der Waals surface area contributed by atoms with E-state index in [-0.39, 0.29) is 31.6 Å². The Morgan fingerprint density at radius 3 is 2.45 bits per heavy atom. The van der Waals surface area contributed by atoms with Crippen molar-refractivity contribution in [3.05, 3.63) is 53.7 Å². The number of hydrogen-bond donors (Lipinski definition) is 4. The first-order valence-corrected chi connectivity index (χ1v) is 15.9. The summed E-state index contributed by atoms with van der Waals surface area (Å²) in [7, 11) is -1.50. The first kappa shape index (κ1) is 25.6. The molecule has 8 nitrogen and oxygen atoms in total. The fraction of sp³-hybridized carbons (Fsp3) is 0.409. The van der Waals surface area contributed by atoms with Crippen LogP contribution in [0.15, 0.2) is 45.3 Å². The second kappa shape index (κ2) is 11.9. The first-order chi connectivity index (χ1) is 15.8. The molecule has 0 saturated heterocycles. The van der Waals surface area contributed by atoms with E-state index in [4.69, 9.17) is 14.6 Å². The summed E-state index contributed by atoms with van der Waals surface area (Å²) < 4.78 is 6.86. The summed E-state index contributed by atoms with van der Waals surface area (Å²) in [6, 6.07) is 7.32. The Labute approximate surface area is 202 Å². The fourth-order valence-electron chi connectivity index (χ4n) is 2.81. The van der Waals surface area contributed by atoms with E-state index < -0.39 is 8.07 Å². The number of rotatable bonds is 12. The zero-order valence-electron chi connectivity index (χ0n) is 19.0. The molecule has 2 heterocycles. The molecule has 2 aromatic heterocycles. The van der Waals surface area contributed by atoms with E-state index in [0.29, 0.717) is 23.3 Å². The molecule has 0 saturated carbocycles. The zero-order valence-corrected chi connectivity index (χ0v) is 21.6. The van der Waals surface area contributed by atoms with Crippen molar-refractivity contribution in [2.75, 3.05) is 18.5 Å². The molecule has 3 aromatic rings. The van der Waals surface area contributed by atoms with Crippen LogP contribution in [0, 0.1) is 0 Å². The monoisotopic (exact) mass is 506 g/mol. The highest BCUT2D eigenvalue weighted by molar-refractivity contribution is 8.00. The number of carbonyl (C=O) groups excluding carboxylic acids is 1. The quantitative estimate of drug-likeness (QED) is 0.219. The second-order valence-corrected chi connectivity index (χ2v) is 15.9. The van der Waals surface area contributed by atoms with Gasteiger partial charge >= 0.3 is 0 Å². The van der Waals surface area contributed by atoms with Gasteiger partial charge in [-0.05, 0) is 11.1 Å². The van der Waals surface area contributed by atoms with E-state index in [9.17, 15) is 4.79 Å². The number of hydrogen-bond acceptors (Lipinski definition) is 9. The molecule has 3 rings (SSSR count). The van der Waals surface area contributed by atoms with Gasteiger partial charge < -0.3 is 25.3 Å². The van der Waals surface area contributed by atoms with Crippen molar-refractivity contribution in [1.29, 1.82) is 0 Å². The number of thiazole rings is 1. The van der Waals surface area contributed by atoms with Gasteiger partial charge in [-0.2, -0.15) is 0 Å². The summed E-state index contributed by atoms with van der Waals surface area (Å²) in [6.45, 7) is 6.96. The highest BCUT2D eigenvalue weighted by Gasteiger charge is 2.22. The lowest BCUT2D eigenvalue weighted by molar-refractivity contribution is -0.115. The summed E-state index contributed by atoms with van der Waals surface area (Å²) in [5, 5.41) is 25.7. The lowest BCUT2D eigenvalue weighted by atomic mass is 10.1. The average Bonchev–Trinajstić information content (AvgIpc) is 3.43. The minimum Gasteiger partial charge on any atom is -0.450 e. The largest absolute Gasteiger partial charge is 0.450 e. The van der Waals surface area contributed by atoms with E-state index in [1.165, 1.54) is 11.3 Å². The number of amides is 1. The van der Waals surface area contributed by atoms with Gasteiger partial charge in [0.05, 0.1) is 48.0 Å². The predicted octanol–water partition coefficient (Wildman–Crippen LogP) is 2.59. The summed E-state index contributed by atoms with van der Waals surface area (Å²) >= 11 is 3.02. The van der Waals surface area contributed by atoms with E-state index in [1.807, 2.05) is 30.5 Å². The minimum atomic E-state index is -1.50. The number of carbonyl (C=O) groups is 1. The molecular formula is C22H30N4O4S2Si. The maximum absolute atomic E-state index is 12.4. The normalized spacial score (nSPS) is 11.8. The number of thioether (sulfide) groups is 1. The van der Waals surface area contributed by atoms with Crippen LogP contribution in [0.5, 0.6) is 0 Å². The molecule has 0 fully saturated rings. The van der Waals surface area contributed by atoms with E-state index >= 15 is 0 Å². The molecule has 1 aromatic carbocycles. The molecule has 4 N–H and O–H groups in total. The maximum Gasteiger partial charge on any atom is 0.230 e. The Morgan fingerprint density at radius 2 is 1.82 bits per heavy atom. The van der Waals surface area contributed by atoms with Crippen LogP contribution in [0.3, 0.4) is 0 Å². The van der Waals surface area contributed by atoms with Gasteiger partial charge in [-0.15, -0.1) is 11.8 Å². The van der Waals surface area contributed by atoms with Gasteiger partial charge in [-0.1, -0.05) is 55.2 Å². The highest BCUT2D eigenvalue weighted by Crippen LogP contribution is 2.30. The van der Waals surface area contributed by atoms with E-state index in [1.54, 1.807) is 18.0 Å². The SMILES string of the molecule is C[Si](C)(C)c1cnc(CSc2cnc(NC(=O)Cc3ccc(CNC(CO)CO)cc3)s2)o1. The van der Waals surface area contributed by atoms with Crippen LogP contribution in [0.2, 0.25) is 19.6 Å². The average molecular weight is 507 g/mol. The molecule has 0 unspecified atom stereocenters. The van der Waals surface area contributed by atoms with Gasteiger partial charge in [0.25, 0.3) is 0 Å². The van der Waals surface area contributed by atoms with Crippen LogP contribution < -0.4 is 16.0 Å². The summed E-state index contributed by atoms with van der Waals surface area (Å²) in [5.74, 6) is 1.21. The van der Waals surface area contributed by atoms with Crippen LogP contribution in [0.4, 0.5) is 5.13 Å². The van der Waals surface area contributed by atoms with Crippen LogP contribution in [-0.4, -0.2) is 53.4 Å². The number of aliphatic hydroxyl groups excluding tert-OH is 2. The van der Waals surface area contributed by atoms with Crippen molar-refractivity contribution >= 4 is 47.6 Å². The van der Waals surface area contributed by atoms with E-state index in [0.717, 1.165) is 20.7 Å². The Bertz CT molecular complexity index is 1030.